The topological polar surface area (TPSA) is 75.4 Å². The minimum absolute atomic E-state index is 0.0378. The molecule has 0 rings (SSSR count). The van der Waals surface area contributed by atoms with Gasteiger partial charge in [0.1, 0.15) is 0 Å². The predicted octanol–water partition coefficient (Wildman–Crippen LogP) is 0.886. The molecule has 0 aliphatic heterocycles. The summed E-state index contributed by atoms with van der Waals surface area (Å²) in [5.41, 5.74) is 5.44. The lowest BCUT2D eigenvalue weighted by molar-refractivity contribution is -0.121. The monoisotopic (exact) mass is 230 g/mol. The van der Waals surface area contributed by atoms with Crippen LogP contribution in [0.25, 0.3) is 0 Å². The highest BCUT2D eigenvalue weighted by Crippen LogP contribution is 2.18. The molecule has 1 atom stereocenters. The van der Waals surface area contributed by atoms with E-state index in [1.807, 2.05) is 20.8 Å². The van der Waals surface area contributed by atoms with Crippen molar-refractivity contribution in [3.63, 3.8) is 0 Å². The number of hydrogen-bond donors (Lipinski definition) is 3. The van der Waals surface area contributed by atoms with E-state index in [-0.39, 0.29) is 17.9 Å². The second kappa shape index (κ2) is 7.63. The molecule has 0 spiro atoms. The Balaban J connectivity index is 3.72. The summed E-state index contributed by atoms with van der Waals surface area (Å²) in [6.07, 6.45) is 2.07. The molecule has 0 aromatic rings. The fraction of sp³-hybridized carbons (Fsp3) is 0.917. The van der Waals surface area contributed by atoms with Crippen molar-refractivity contribution < 1.29 is 9.90 Å². The lowest BCUT2D eigenvalue weighted by atomic mass is 9.89. The van der Waals surface area contributed by atoms with Crippen LogP contribution in [0.3, 0.4) is 0 Å². The second-order valence-electron chi connectivity index (χ2n) is 5.29. The van der Waals surface area contributed by atoms with Crippen LogP contribution in [0.5, 0.6) is 0 Å². The first kappa shape index (κ1) is 15.4. The van der Waals surface area contributed by atoms with Gasteiger partial charge < -0.3 is 16.2 Å². The van der Waals surface area contributed by atoms with Gasteiger partial charge in [0.15, 0.2) is 0 Å². The smallest absolute Gasteiger partial charge is 0.220 e. The van der Waals surface area contributed by atoms with Crippen LogP contribution in [0, 0.1) is 11.3 Å². The maximum atomic E-state index is 11.5. The number of carbonyl (C=O) groups excluding carboxylic acids is 1. The average molecular weight is 230 g/mol. The molecule has 4 heteroatoms. The second-order valence-corrected chi connectivity index (χ2v) is 5.29. The maximum absolute atomic E-state index is 11.5. The third kappa shape index (κ3) is 7.65. The van der Waals surface area contributed by atoms with E-state index in [2.05, 4.69) is 5.32 Å². The first-order valence-corrected chi connectivity index (χ1v) is 5.99. The Bertz CT molecular complexity index is 205. The molecule has 0 heterocycles. The molecule has 4 N–H and O–H groups in total. The highest BCUT2D eigenvalue weighted by molar-refractivity contribution is 5.75. The summed E-state index contributed by atoms with van der Waals surface area (Å²) in [7, 11) is 0. The van der Waals surface area contributed by atoms with Gasteiger partial charge >= 0.3 is 0 Å². The Labute approximate surface area is 98.6 Å². The van der Waals surface area contributed by atoms with E-state index in [4.69, 9.17) is 10.8 Å². The predicted molar refractivity (Wildman–Crippen MR) is 65.9 cm³/mol. The number of rotatable bonds is 8. The molecule has 0 aliphatic carbocycles. The Morgan fingerprint density at radius 3 is 2.62 bits per heavy atom. The van der Waals surface area contributed by atoms with Crippen molar-refractivity contribution in [2.24, 2.45) is 17.1 Å². The van der Waals surface area contributed by atoms with Crippen LogP contribution in [0.4, 0.5) is 0 Å². The Hall–Kier alpha value is -0.610. The van der Waals surface area contributed by atoms with Crippen molar-refractivity contribution in [1.29, 1.82) is 0 Å². The van der Waals surface area contributed by atoms with E-state index in [0.717, 1.165) is 6.42 Å². The minimum atomic E-state index is -0.0378. The minimum Gasteiger partial charge on any atom is -0.396 e. The molecule has 0 fully saturated rings. The highest BCUT2D eigenvalue weighted by atomic mass is 16.3. The van der Waals surface area contributed by atoms with Crippen molar-refractivity contribution in [1.82, 2.24) is 5.32 Å². The van der Waals surface area contributed by atoms with Gasteiger partial charge in [-0.1, -0.05) is 20.8 Å². The number of hydrogen-bond acceptors (Lipinski definition) is 3. The largest absolute Gasteiger partial charge is 0.396 e. The fourth-order valence-electron chi connectivity index (χ4n) is 1.31. The van der Waals surface area contributed by atoms with Crippen molar-refractivity contribution in [3.8, 4) is 0 Å². The lowest BCUT2D eigenvalue weighted by Gasteiger charge is -2.23. The van der Waals surface area contributed by atoms with Crippen molar-refractivity contribution in [2.45, 2.75) is 40.0 Å². The maximum Gasteiger partial charge on any atom is 0.220 e. The summed E-state index contributed by atoms with van der Waals surface area (Å²) in [5.74, 6) is 0.475. The zero-order valence-corrected chi connectivity index (χ0v) is 10.8. The van der Waals surface area contributed by atoms with Crippen LogP contribution < -0.4 is 11.1 Å². The fourth-order valence-corrected chi connectivity index (χ4v) is 1.31. The van der Waals surface area contributed by atoms with E-state index in [1.165, 1.54) is 0 Å². The molecule has 1 amide bonds. The molecule has 0 saturated carbocycles. The number of nitrogens with two attached hydrogens (primary N) is 1. The molecule has 0 bridgehead atoms. The molecular formula is C12H26N2O2. The third-order valence-electron chi connectivity index (χ3n) is 2.82. The van der Waals surface area contributed by atoms with Crippen LogP contribution in [0.2, 0.25) is 0 Å². The number of aliphatic hydroxyl groups is 1. The normalized spacial score (nSPS) is 13.6. The summed E-state index contributed by atoms with van der Waals surface area (Å²) >= 11 is 0. The number of aliphatic hydroxyl groups excluding tert-OH is 1. The van der Waals surface area contributed by atoms with Crippen LogP contribution in [0.15, 0.2) is 0 Å². The summed E-state index contributed by atoms with van der Waals surface area (Å²) in [5, 5.41) is 11.7. The van der Waals surface area contributed by atoms with E-state index in [9.17, 15) is 4.79 Å². The highest BCUT2D eigenvalue weighted by Gasteiger charge is 2.18. The number of nitrogens with one attached hydrogen (secondary N) is 1. The summed E-state index contributed by atoms with van der Waals surface area (Å²) in [4.78, 5) is 11.5. The zero-order chi connectivity index (χ0) is 12.6. The van der Waals surface area contributed by atoms with Crippen LogP contribution in [-0.4, -0.2) is 30.7 Å². The van der Waals surface area contributed by atoms with Crippen molar-refractivity contribution in [3.05, 3.63) is 0 Å². The van der Waals surface area contributed by atoms with Gasteiger partial charge in [0.2, 0.25) is 5.91 Å². The summed E-state index contributed by atoms with van der Waals surface area (Å²) in [6, 6.07) is 0. The molecule has 0 aromatic heterocycles. The number of carbonyl (C=O) groups is 1. The molecular weight excluding hydrogens is 204 g/mol. The standard InChI is InChI=1S/C12H26N2O2/c1-10(8-13)4-5-11(16)14-9-12(2,3)6-7-15/h10,15H,4-9,13H2,1-3H3,(H,14,16). The molecule has 96 valence electrons. The molecule has 0 aromatic carbocycles. The molecule has 0 radical (unpaired) electrons. The van der Waals surface area contributed by atoms with Gasteiger partial charge in [0.25, 0.3) is 0 Å². The van der Waals surface area contributed by atoms with Gasteiger partial charge in [0.05, 0.1) is 0 Å². The van der Waals surface area contributed by atoms with Gasteiger partial charge in [-0.15, -0.1) is 0 Å². The van der Waals surface area contributed by atoms with E-state index < -0.39 is 0 Å². The van der Waals surface area contributed by atoms with E-state index >= 15 is 0 Å². The van der Waals surface area contributed by atoms with Crippen molar-refractivity contribution in [2.75, 3.05) is 19.7 Å². The Morgan fingerprint density at radius 2 is 2.12 bits per heavy atom. The molecule has 16 heavy (non-hydrogen) atoms. The Morgan fingerprint density at radius 1 is 1.50 bits per heavy atom. The van der Waals surface area contributed by atoms with Crippen LogP contribution in [-0.2, 0) is 4.79 Å². The van der Waals surface area contributed by atoms with Gasteiger partial charge in [-0.2, -0.15) is 0 Å². The number of amides is 1. The first-order valence-electron chi connectivity index (χ1n) is 5.99. The molecule has 4 nitrogen and oxygen atoms in total. The van der Waals surface area contributed by atoms with E-state index in [0.29, 0.717) is 31.8 Å². The van der Waals surface area contributed by atoms with Gasteiger partial charge in [-0.25, -0.2) is 0 Å². The molecule has 0 aliphatic rings. The van der Waals surface area contributed by atoms with E-state index in [1.54, 1.807) is 0 Å². The van der Waals surface area contributed by atoms with Gasteiger partial charge in [-0.3, -0.25) is 4.79 Å². The zero-order valence-electron chi connectivity index (χ0n) is 10.8. The van der Waals surface area contributed by atoms with Crippen LogP contribution >= 0.6 is 0 Å². The van der Waals surface area contributed by atoms with Crippen molar-refractivity contribution >= 4 is 5.91 Å². The first-order chi connectivity index (χ1) is 7.41. The third-order valence-corrected chi connectivity index (χ3v) is 2.82. The SMILES string of the molecule is CC(CN)CCC(=O)NCC(C)(C)CCO. The quantitative estimate of drug-likeness (QED) is 0.579. The molecule has 1 unspecified atom stereocenters. The van der Waals surface area contributed by atoms with Gasteiger partial charge in [0, 0.05) is 19.6 Å². The Kier molecular flexibility index (Phi) is 7.34. The summed E-state index contributed by atoms with van der Waals surface area (Å²) in [6.45, 7) is 7.51. The summed E-state index contributed by atoms with van der Waals surface area (Å²) < 4.78 is 0. The molecule has 0 saturated heterocycles. The lowest BCUT2D eigenvalue weighted by Crippen LogP contribution is -2.34. The average Bonchev–Trinajstić information content (AvgIpc) is 2.23. The van der Waals surface area contributed by atoms with Gasteiger partial charge in [-0.05, 0) is 30.7 Å². The van der Waals surface area contributed by atoms with Crippen LogP contribution in [0.1, 0.15) is 40.0 Å².